The average molecular weight is 125 g/mol. The van der Waals surface area contributed by atoms with Crippen LogP contribution in [0.5, 0.6) is 0 Å². The zero-order valence-corrected chi connectivity index (χ0v) is 4.91. The average Bonchev–Trinajstić information content (AvgIpc) is 2.03. The Morgan fingerprint density at radius 3 is 2.89 bits per heavy atom. The highest BCUT2D eigenvalue weighted by Gasteiger charge is 1.94. The second-order valence-corrected chi connectivity index (χ2v) is 1.76. The standard InChI is InChI=1S/C7H10N2/c1-6(8)7-2-4-9-5-3-7/h2-6H,8H2,1H3/i1D3. The molecule has 2 nitrogen and oxygen atoms in total. The fourth-order valence-electron chi connectivity index (χ4n) is 0.571. The van der Waals surface area contributed by atoms with Crippen LogP contribution in [-0.2, 0) is 0 Å². The molecule has 0 aliphatic rings. The van der Waals surface area contributed by atoms with Gasteiger partial charge in [-0.1, -0.05) is 0 Å². The van der Waals surface area contributed by atoms with Crippen LogP contribution in [-0.4, -0.2) is 4.98 Å². The van der Waals surface area contributed by atoms with Crippen LogP contribution in [0, 0.1) is 0 Å². The maximum Gasteiger partial charge on any atom is 0.0271 e. The molecular weight excluding hydrogens is 112 g/mol. The number of hydrogen-bond donors (Lipinski definition) is 1. The van der Waals surface area contributed by atoms with Crippen LogP contribution in [0.15, 0.2) is 24.5 Å². The normalized spacial score (nSPS) is 19.4. The maximum absolute atomic E-state index is 7.06. The SMILES string of the molecule is [2H]C([2H])([2H])C(N)c1ccncc1. The lowest BCUT2D eigenvalue weighted by Crippen LogP contribution is -2.04. The molecule has 1 heterocycles. The Bertz CT molecular complexity index is 245. The van der Waals surface area contributed by atoms with Crippen molar-refractivity contribution in [2.75, 3.05) is 0 Å². The van der Waals surface area contributed by atoms with Crippen LogP contribution in [0.4, 0.5) is 0 Å². The van der Waals surface area contributed by atoms with Crippen LogP contribution in [0.3, 0.4) is 0 Å². The first kappa shape index (κ1) is 3.32. The number of hydrogen-bond acceptors (Lipinski definition) is 2. The van der Waals surface area contributed by atoms with E-state index in [1.54, 1.807) is 12.1 Å². The molecule has 1 aromatic heterocycles. The van der Waals surface area contributed by atoms with Gasteiger partial charge in [-0.2, -0.15) is 0 Å². The molecule has 0 aliphatic carbocycles. The number of rotatable bonds is 1. The summed E-state index contributed by atoms with van der Waals surface area (Å²) in [5.74, 6) is 0. The molecule has 0 fully saturated rings. The van der Waals surface area contributed by atoms with E-state index in [1.165, 1.54) is 12.4 Å². The van der Waals surface area contributed by atoms with Gasteiger partial charge in [0.2, 0.25) is 0 Å². The van der Waals surface area contributed by atoms with Crippen LogP contribution in [0.1, 0.15) is 22.6 Å². The van der Waals surface area contributed by atoms with E-state index >= 15 is 0 Å². The van der Waals surface area contributed by atoms with E-state index in [0.717, 1.165) is 0 Å². The summed E-state index contributed by atoms with van der Waals surface area (Å²) in [6.45, 7) is -2.14. The van der Waals surface area contributed by atoms with E-state index < -0.39 is 12.9 Å². The molecule has 0 spiro atoms. The lowest BCUT2D eigenvalue weighted by Gasteiger charge is -2.01. The maximum atomic E-state index is 7.06. The Kier molecular flexibility index (Phi) is 0.958. The van der Waals surface area contributed by atoms with Gasteiger partial charge in [0.05, 0.1) is 0 Å². The van der Waals surface area contributed by atoms with E-state index in [0.29, 0.717) is 5.56 Å². The molecule has 0 radical (unpaired) electrons. The Morgan fingerprint density at radius 2 is 2.33 bits per heavy atom. The van der Waals surface area contributed by atoms with Gasteiger partial charge in [-0.3, -0.25) is 4.98 Å². The van der Waals surface area contributed by atoms with Crippen molar-refractivity contribution in [2.45, 2.75) is 12.9 Å². The van der Waals surface area contributed by atoms with Gasteiger partial charge in [-0.25, -0.2) is 0 Å². The van der Waals surface area contributed by atoms with Crippen molar-refractivity contribution in [3.8, 4) is 0 Å². The summed E-state index contributed by atoms with van der Waals surface area (Å²) in [5.41, 5.74) is 6.07. The van der Waals surface area contributed by atoms with Gasteiger partial charge < -0.3 is 5.73 Å². The molecule has 0 saturated heterocycles. The summed E-state index contributed by atoms with van der Waals surface area (Å²) in [6, 6.07) is 2.30. The highest BCUT2D eigenvalue weighted by atomic mass is 14.6. The number of nitrogens with two attached hydrogens (primary N) is 1. The minimum Gasteiger partial charge on any atom is -0.324 e. The Balaban J connectivity index is 2.86. The summed E-state index contributed by atoms with van der Waals surface area (Å²) in [7, 11) is 0. The fourth-order valence-corrected chi connectivity index (χ4v) is 0.571. The third-order valence-electron chi connectivity index (χ3n) is 1.07. The number of pyridine rings is 1. The third-order valence-corrected chi connectivity index (χ3v) is 1.07. The minimum atomic E-state index is -2.14. The number of aromatic nitrogens is 1. The van der Waals surface area contributed by atoms with Gasteiger partial charge >= 0.3 is 0 Å². The highest BCUT2D eigenvalue weighted by molar-refractivity contribution is 5.12. The van der Waals surface area contributed by atoms with E-state index in [9.17, 15) is 0 Å². The Hall–Kier alpha value is -0.890. The van der Waals surface area contributed by atoms with Crippen molar-refractivity contribution in [1.82, 2.24) is 4.98 Å². The molecule has 0 aliphatic heterocycles. The van der Waals surface area contributed by atoms with Gasteiger partial charge in [-0.15, -0.1) is 0 Å². The van der Waals surface area contributed by atoms with Gasteiger partial charge in [0.15, 0.2) is 0 Å². The van der Waals surface area contributed by atoms with Crippen molar-refractivity contribution in [2.24, 2.45) is 5.73 Å². The molecule has 48 valence electrons. The largest absolute Gasteiger partial charge is 0.324 e. The first-order chi connectivity index (χ1) is 5.52. The zero-order chi connectivity index (χ0) is 9.19. The smallest absolute Gasteiger partial charge is 0.0271 e. The van der Waals surface area contributed by atoms with Crippen LogP contribution in [0.2, 0.25) is 0 Å². The van der Waals surface area contributed by atoms with Crippen molar-refractivity contribution in [1.29, 1.82) is 0 Å². The topological polar surface area (TPSA) is 38.9 Å². The molecule has 2 N–H and O–H groups in total. The molecule has 1 atom stereocenters. The quantitative estimate of drug-likeness (QED) is 0.610. The van der Waals surface area contributed by atoms with E-state index in [4.69, 9.17) is 9.85 Å². The highest BCUT2D eigenvalue weighted by Crippen LogP contribution is 2.05. The summed E-state index contributed by atoms with van der Waals surface area (Å²) >= 11 is 0. The van der Waals surface area contributed by atoms with Crippen molar-refractivity contribution in [3.63, 3.8) is 0 Å². The second-order valence-electron chi connectivity index (χ2n) is 1.76. The first-order valence-electron chi connectivity index (χ1n) is 4.17. The third kappa shape index (κ3) is 1.50. The molecule has 1 unspecified atom stereocenters. The van der Waals surface area contributed by atoms with Gasteiger partial charge in [0.25, 0.3) is 0 Å². The van der Waals surface area contributed by atoms with Gasteiger partial charge in [0.1, 0.15) is 0 Å². The predicted molar refractivity (Wildman–Crippen MR) is 36.8 cm³/mol. The van der Waals surface area contributed by atoms with Crippen LogP contribution >= 0.6 is 0 Å². The minimum absolute atomic E-state index is 0.588. The Labute approximate surface area is 58.9 Å². The molecule has 0 saturated carbocycles. The molecule has 0 amide bonds. The van der Waals surface area contributed by atoms with Crippen molar-refractivity contribution in [3.05, 3.63) is 30.1 Å². The molecule has 9 heavy (non-hydrogen) atoms. The number of nitrogens with zero attached hydrogens (tertiary/aromatic N) is 1. The van der Waals surface area contributed by atoms with Crippen molar-refractivity contribution < 1.29 is 4.11 Å². The van der Waals surface area contributed by atoms with Gasteiger partial charge in [-0.05, 0) is 24.5 Å². The van der Waals surface area contributed by atoms with E-state index in [1.807, 2.05) is 0 Å². The van der Waals surface area contributed by atoms with Gasteiger partial charge in [0, 0.05) is 22.5 Å². The molecule has 0 bridgehead atoms. The molecule has 1 rings (SSSR count). The molecule has 1 aromatic rings. The van der Waals surface area contributed by atoms with Crippen LogP contribution in [0.25, 0.3) is 0 Å². The van der Waals surface area contributed by atoms with Crippen molar-refractivity contribution >= 4 is 0 Å². The van der Waals surface area contributed by atoms with E-state index in [2.05, 4.69) is 4.98 Å². The summed E-state index contributed by atoms with van der Waals surface area (Å²) in [6.07, 6.45) is 3.06. The second kappa shape index (κ2) is 2.60. The monoisotopic (exact) mass is 125 g/mol. The summed E-state index contributed by atoms with van der Waals surface area (Å²) in [5, 5.41) is 0. The first-order valence-corrected chi connectivity index (χ1v) is 2.67. The molecular formula is C7H10N2. The lowest BCUT2D eigenvalue weighted by atomic mass is 10.1. The zero-order valence-electron chi connectivity index (χ0n) is 7.91. The predicted octanol–water partition coefficient (Wildman–Crippen LogP) is 1.10. The summed E-state index contributed by atoms with van der Waals surface area (Å²) < 4.78 is 21.2. The Morgan fingerprint density at radius 1 is 1.67 bits per heavy atom. The lowest BCUT2D eigenvalue weighted by molar-refractivity contribution is 0.815. The molecule has 2 heteroatoms. The fraction of sp³-hybridized carbons (Fsp3) is 0.286. The van der Waals surface area contributed by atoms with E-state index in [-0.39, 0.29) is 0 Å². The summed E-state index contributed by atoms with van der Waals surface area (Å²) in [4.78, 5) is 3.77. The molecule has 0 aromatic carbocycles. The van der Waals surface area contributed by atoms with Crippen LogP contribution < -0.4 is 5.73 Å².